The lowest BCUT2D eigenvalue weighted by atomic mass is 9.77. The normalized spacial score (nSPS) is 23.2. The Hall–Kier alpha value is -1.70. The molecule has 0 saturated heterocycles. The van der Waals surface area contributed by atoms with Gasteiger partial charge < -0.3 is 0 Å². The first-order valence-corrected chi connectivity index (χ1v) is 9.18. The Labute approximate surface area is 151 Å². The summed E-state index contributed by atoms with van der Waals surface area (Å²) < 4.78 is 27.9. The highest BCUT2D eigenvalue weighted by Gasteiger charge is 2.34. The lowest BCUT2D eigenvalue weighted by Crippen LogP contribution is -2.14. The van der Waals surface area contributed by atoms with Gasteiger partial charge in [-0.2, -0.15) is 0 Å². The average molecular weight is 344 g/mol. The minimum atomic E-state index is -0.743. The molecule has 0 heterocycles. The summed E-state index contributed by atoms with van der Waals surface area (Å²) in [5, 5.41) is 0. The molecule has 2 aromatic rings. The van der Waals surface area contributed by atoms with E-state index in [9.17, 15) is 8.78 Å². The average Bonchev–Trinajstić information content (AvgIpc) is 3.46. The largest absolute Gasteiger partial charge is 0.203 e. The van der Waals surface area contributed by atoms with Crippen molar-refractivity contribution in [2.75, 3.05) is 0 Å². The van der Waals surface area contributed by atoms with Gasteiger partial charge in [-0.1, -0.05) is 43.8 Å². The molecule has 0 aliphatic heterocycles. The second-order valence-corrected chi connectivity index (χ2v) is 7.63. The van der Waals surface area contributed by atoms with Gasteiger partial charge in [0.2, 0.25) is 0 Å². The molecular weight excluding hydrogens is 314 g/mol. The first-order chi connectivity index (χ1) is 11.6. The van der Waals surface area contributed by atoms with Gasteiger partial charge in [0.1, 0.15) is 0 Å². The van der Waals surface area contributed by atoms with Gasteiger partial charge in [0.25, 0.3) is 0 Å². The fourth-order valence-corrected chi connectivity index (χ4v) is 4.30. The summed E-state index contributed by atoms with van der Waals surface area (Å²) in [5.74, 6) is 1.13. The zero-order chi connectivity index (χ0) is 16.7. The van der Waals surface area contributed by atoms with Crippen LogP contribution in [0.1, 0.15) is 64.4 Å². The zero-order valence-corrected chi connectivity index (χ0v) is 14.2. The molecule has 0 bridgehead atoms. The second-order valence-electron chi connectivity index (χ2n) is 7.63. The number of aryl methyl sites for hydroxylation is 1. The van der Waals surface area contributed by atoms with Crippen molar-refractivity contribution in [3.05, 3.63) is 59.2 Å². The van der Waals surface area contributed by atoms with Crippen LogP contribution in [0.2, 0.25) is 0 Å². The zero-order valence-electron chi connectivity index (χ0n) is 14.2. The van der Waals surface area contributed by atoms with E-state index >= 15 is 0 Å². The summed E-state index contributed by atoms with van der Waals surface area (Å²) in [4.78, 5) is 0. The molecule has 2 aromatic carbocycles. The van der Waals surface area contributed by atoms with Crippen LogP contribution in [-0.2, 0) is 0 Å². The molecule has 0 nitrogen and oxygen atoms in total. The topological polar surface area (TPSA) is 0 Å². The summed E-state index contributed by atoms with van der Waals surface area (Å²) in [7, 11) is 0. The summed E-state index contributed by atoms with van der Waals surface area (Å²) in [5.41, 5.74) is 2.80. The Morgan fingerprint density at radius 2 is 1.32 bits per heavy atom. The number of hydrogen-bond donors (Lipinski definition) is 0. The number of benzene rings is 2. The SMILES string of the molecule is C.Cc1ccc(-c2ccc(C3CCC(C4CC4)CC3)cc2)c(F)c1F.[HH]. The Morgan fingerprint density at radius 3 is 1.88 bits per heavy atom. The van der Waals surface area contributed by atoms with Gasteiger partial charge in [0.05, 0.1) is 0 Å². The highest BCUT2D eigenvalue weighted by Crippen LogP contribution is 2.47. The van der Waals surface area contributed by atoms with Crippen molar-refractivity contribution >= 4 is 0 Å². The molecule has 0 N–H and O–H groups in total. The third-order valence-corrected chi connectivity index (χ3v) is 6.03. The Balaban J connectivity index is 0.00000121. The summed E-state index contributed by atoms with van der Waals surface area (Å²) in [6.45, 7) is 1.59. The number of halogens is 2. The molecule has 2 heteroatoms. The lowest BCUT2D eigenvalue weighted by molar-refractivity contribution is 0.296. The maximum atomic E-state index is 14.2. The van der Waals surface area contributed by atoms with Crippen molar-refractivity contribution in [1.82, 2.24) is 0 Å². The lowest BCUT2D eigenvalue weighted by Gasteiger charge is -2.29. The minimum absolute atomic E-state index is 0. The summed E-state index contributed by atoms with van der Waals surface area (Å²) in [6, 6.07) is 11.4. The maximum absolute atomic E-state index is 14.2. The van der Waals surface area contributed by atoms with Crippen LogP contribution in [0, 0.1) is 30.4 Å². The first kappa shape index (κ1) is 18.1. The van der Waals surface area contributed by atoms with E-state index in [0.717, 1.165) is 17.4 Å². The quantitative estimate of drug-likeness (QED) is 0.540. The van der Waals surface area contributed by atoms with Crippen LogP contribution in [0.3, 0.4) is 0 Å². The van der Waals surface area contributed by atoms with E-state index in [1.165, 1.54) is 44.1 Å². The summed E-state index contributed by atoms with van der Waals surface area (Å²) in [6.07, 6.45) is 8.15. The molecule has 2 fully saturated rings. The van der Waals surface area contributed by atoms with Crippen LogP contribution in [0.25, 0.3) is 11.1 Å². The molecule has 0 aromatic heterocycles. The van der Waals surface area contributed by atoms with Gasteiger partial charge in [-0.25, -0.2) is 8.78 Å². The highest BCUT2D eigenvalue weighted by molar-refractivity contribution is 5.65. The van der Waals surface area contributed by atoms with Crippen molar-refractivity contribution < 1.29 is 10.2 Å². The number of hydrogen-bond acceptors (Lipinski definition) is 0. The standard InChI is InChI=1S/C22H24F2.CH4.H2/c1-14-2-13-20(22(24)21(14)23)19-11-9-18(10-12-19)17-7-5-16(6-8-17)15-3-4-15;;/h2,9-13,15-17H,3-8H2,1H3;1H4;1H. The minimum Gasteiger partial charge on any atom is -0.203 e. The molecule has 0 atom stereocenters. The third-order valence-electron chi connectivity index (χ3n) is 6.03. The van der Waals surface area contributed by atoms with Crippen molar-refractivity contribution in [2.45, 2.75) is 58.8 Å². The fourth-order valence-electron chi connectivity index (χ4n) is 4.30. The van der Waals surface area contributed by atoms with Crippen LogP contribution < -0.4 is 0 Å². The molecule has 2 saturated carbocycles. The van der Waals surface area contributed by atoms with E-state index in [1.807, 2.05) is 12.1 Å². The summed E-state index contributed by atoms with van der Waals surface area (Å²) >= 11 is 0. The molecule has 0 spiro atoms. The van der Waals surface area contributed by atoms with Crippen LogP contribution in [0.15, 0.2) is 36.4 Å². The molecule has 136 valence electrons. The molecule has 0 unspecified atom stereocenters. The molecule has 2 aliphatic carbocycles. The molecular formula is C23H30F2. The first-order valence-electron chi connectivity index (χ1n) is 9.18. The van der Waals surface area contributed by atoms with Crippen molar-refractivity contribution in [1.29, 1.82) is 0 Å². The van der Waals surface area contributed by atoms with E-state index in [4.69, 9.17) is 0 Å². The predicted octanol–water partition coefficient (Wildman–Crippen LogP) is 7.51. The van der Waals surface area contributed by atoms with Crippen molar-refractivity contribution in [3.8, 4) is 11.1 Å². The van der Waals surface area contributed by atoms with Gasteiger partial charge >= 0.3 is 0 Å². The predicted molar refractivity (Wildman–Crippen MR) is 103 cm³/mol. The second kappa shape index (κ2) is 7.27. The Bertz CT molecular complexity index is 727. The van der Waals surface area contributed by atoms with E-state index in [0.29, 0.717) is 17.0 Å². The fraction of sp³-hybridized carbons (Fsp3) is 0.478. The smallest absolute Gasteiger partial charge is 0.166 e. The Morgan fingerprint density at radius 1 is 0.760 bits per heavy atom. The Kier molecular flexibility index (Phi) is 5.27. The van der Waals surface area contributed by atoms with Gasteiger partial charge in [-0.3, -0.25) is 0 Å². The van der Waals surface area contributed by atoms with E-state index in [-0.39, 0.29) is 8.85 Å². The van der Waals surface area contributed by atoms with Crippen molar-refractivity contribution in [3.63, 3.8) is 0 Å². The van der Waals surface area contributed by atoms with E-state index in [1.54, 1.807) is 19.1 Å². The third kappa shape index (κ3) is 3.63. The maximum Gasteiger partial charge on any atom is 0.166 e. The molecule has 0 radical (unpaired) electrons. The van der Waals surface area contributed by atoms with Gasteiger partial charge in [-0.15, -0.1) is 0 Å². The van der Waals surface area contributed by atoms with Crippen LogP contribution >= 0.6 is 0 Å². The van der Waals surface area contributed by atoms with Crippen LogP contribution in [-0.4, -0.2) is 0 Å². The van der Waals surface area contributed by atoms with E-state index in [2.05, 4.69) is 12.1 Å². The molecule has 2 aliphatic rings. The molecule has 25 heavy (non-hydrogen) atoms. The van der Waals surface area contributed by atoms with Crippen LogP contribution in [0.4, 0.5) is 8.78 Å². The van der Waals surface area contributed by atoms with Gasteiger partial charge in [0.15, 0.2) is 11.6 Å². The van der Waals surface area contributed by atoms with E-state index < -0.39 is 11.6 Å². The molecule has 0 amide bonds. The van der Waals surface area contributed by atoms with Crippen molar-refractivity contribution in [2.24, 2.45) is 11.8 Å². The number of rotatable bonds is 3. The monoisotopic (exact) mass is 344 g/mol. The highest BCUT2D eigenvalue weighted by atomic mass is 19.2. The van der Waals surface area contributed by atoms with Gasteiger partial charge in [-0.05, 0) is 79.9 Å². The van der Waals surface area contributed by atoms with Crippen LogP contribution in [0.5, 0.6) is 0 Å². The van der Waals surface area contributed by atoms with Gasteiger partial charge in [0, 0.05) is 6.99 Å². The molecule has 4 rings (SSSR count).